The molecular weight excluding hydrogens is 402 g/mol. The van der Waals surface area contributed by atoms with Crippen molar-refractivity contribution in [2.45, 2.75) is 43.5 Å². The average Bonchev–Trinajstić information content (AvgIpc) is 2.52. The molecule has 0 aliphatic carbocycles. The molecule has 2 rings (SSSR count). The van der Waals surface area contributed by atoms with Gasteiger partial charge in [0.2, 0.25) is 26.0 Å². The highest BCUT2D eigenvalue weighted by Gasteiger charge is 2.25. The van der Waals surface area contributed by atoms with E-state index in [0.717, 1.165) is 5.56 Å². The molecule has 1 unspecified atom stereocenters. The summed E-state index contributed by atoms with van der Waals surface area (Å²) in [5.41, 5.74) is 2.45. The van der Waals surface area contributed by atoms with Crippen molar-refractivity contribution in [3.63, 3.8) is 0 Å². The Labute approximate surface area is 165 Å². The van der Waals surface area contributed by atoms with E-state index >= 15 is 0 Å². The average molecular weight is 426 g/mol. The maximum absolute atomic E-state index is 12.7. The number of nitrogens with one attached hydrogen (secondary N) is 2. The number of nitrogens with two attached hydrogens (primary N) is 1. The fourth-order valence-corrected chi connectivity index (χ4v) is 5.09. The van der Waals surface area contributed by atoms with Crippen LogP contribution in [0.5, 0.6) is 0 Å². The molecule has 28 heavy (non-hydrogen) atoms. The van der Waals surface area contributed by atoms with Crippen LogP contribution in [0.1, 0.15) is 23.6 Å². The van der Waals surface area contributed by atoms with Crippen molar-refractivity contribution in [1.29, 1.82) is 0 Å². The van der Waals surface area contributed by atoms with E-state index < -0.39 is 32.0 Å². The number of amides is 1. The van der Waals surface area contributed by atoms with Gasteiger partial charge in [-0.05, 0) is 63.1 Å². The van der Waals surface area contributed by atoms with Crippen molar-refractivity contribution in [3.05, 3.63) is 53.1 Å². The maximum Gasteiger partial charge on any atom is 0.242 e. The molecule has 0 fully saturated rings. The van der Waals surface area contributed by atoms with Crippen LogP contribution in [0.3, 0.4) is 0 Å². The van der Waals surface area contributed by atoms with Gasteiger partial charge in [0.15, 0.2) is 0 Å². The van der Waals surface area contributed by atoms with Crippen molar-refractivity contribution in [1.82, 2.24) is 4.72 Å². The minimum absolute atomic E-state index is 0.0930. The number of hydrogen-bond acceptors (Lipinski definition) is 5. The van der Waals surface area contributed by atoms with E-state index in [1.165, 1.54) is 31.2 Å². The molecule has 0 bridgehead atoms. The molecular formula is C18H23N3O5S2. The third-order valence-corrected chi connectivity index (χ3v) is 6.82. The second-order valence-electron chi connectivity index (χ2n) is 6.63. The smallest absolute Gasteiger partial charge is 0.242 e. The minimum atomic E-state index is -3.91. The predicted molar refractivity (Wildman–Crippen MR) is 107 cm³/mol. The van der Waals surface area contributed by atoms with Gasteiger partial charge in [-0.3, -0.25) is 4.79 Å². The molecule has 4 N–H and O–H groups in total. The van der Waals surface area contributed by atoms with Crippen LogP contribution in [-0.2, 0) is 24.8 Å². The topological polar surface area (TPSA) is 135 Å². The van der Waals surface area contributed by atoms with Crippen molar-refractivity contribution in [2.75, 3.05) is 5.32 Å². The lowest BCUT2D eigenvalue weighted by molar-refractivity contribution is -0.117. The van der Waals surface area contributed by atoms with Gasteiger partial charge in [-0.25, -0.2) is 22.0 Å². The first kappa shape index (κ1) is 22.0. The number of benzene rings is 2. The summed E-state index contributed by atoms with van der Waals surface area (Å²) in [7, 11) is -7.74. The van der Waals surface area contributed by atoms with E-state index in [-0.39, 0.29) is 9.79 Å². The molecule has 0 radical (unpaired) electrons. The Morgan fingerprint density at radius 3 is 1.93 bits per heavy atom. The van der Waals surface area contributed by atoms with E-state index in [9.17, 15) is 21.6 Å². The summed E-state index contributed by atoms with van der Waals surface area (Å²) in [6, 6.07) is 7.71. The lowest BCUT2D eigenvalue weighted by atomic mass is 10.1. The number of hydrogen-bond donors (Lipinski definition) is 3. The number of anilines is 1. The predicted octanol–water partition coefficient (Wildman–Crippen LogP) is 1.56. The van der Waals surface area contributed by atoms with E-state index in [1.54, 1.807) is 26.0 Å². The molecule has 10 heteroatoms. The summed E-state index contributed by atoms with van der Waals surface area (Å²) in [6.07, 6.45) is 0. The van der Waals surface area contributed by atoms with Gasteiger partial charge < -0.3 is 5.32 Å². The number of aryl methyl sites for hydroxylation is 3. The maximum atomic E-state index is 12.7. The fraction of sp³-hybridized carbons (Fsp3) is 0.278. The molecule has 0 aromatic heterocycles. The van der Waals surface area contributed by atoms with E-state index in [2.05, 4.69) is 10.0 Å². The van der Waals surface area contributed by atoms with Gasteiger partial charge in [0.25, 0.3) is 0 Å². The minimum Gasteiger partial charge on any atom is -0.325 e. The van der Waals surface area contributed by atoms with Gasteiger partial charge in [0, 0.05) is 5.69 Å². The standard InChI is InChI=1S/C18H23N3O5S2/c1-11-9-12(2)17(13(3)10-11)28(25,26)21-14(4)18(22)20-15-5-7-16(8-6-15)27(19,23)24/h5-10,14,21H,1-4H3,(H,20,22)(H2,19,23,24). The molecule has 0 spiro atoms. The molecule has 1 amide bonds. The van der Waals surface area contributed by atoms with Crippen LogP contribution in [0.2, 0.25) is 0 Å². The zero-order valence-corrected chi connectivity index (χ0v) is 17.6. The van der Waals surface area contributed by atoms with E-state index in [4.69, 9.17) is 5.14 Å². The Kier molecular flexibility index (Phi) is 6.29. The zero-order chi connectivity index (χ0) is 21.3. The Balaban J connectivity index is 2.16. The quantitative estimate of drug-likeness (QED) is 0.645. The van der Waals surface area contributed by atoms with Crippen LogP contribution in [0, 0.1) is 20.8 Å². The summed E-state index contributed by atoms with van der Waals surface area (Å²) in [6.45, 7) is 6.70. The first-order chi connectivity index (χ1) is 12.8. The monoisotopic (exact) mass is 425 g/mol. The lowest BCUT2D eigenvalue weighted by Crippen LogP contribution is -2.41. The van der Waals surface area contributed by atoms with Crippen molar-refractivity contribution in [3.8, 4) is 0 Å². The Morgan fingerprint density at radius 1 is 0.964 bits per heavy atom. The molecule has 152 valence electrons. The summed E-state index contributed by atoms with van der Waals surface area (Å²) >= 11 is 0. The first-order valence-corrected chi connectivity index (χ1v) is 11.4. The van der Waals surface area contributed by atoms with Crippen LogP contribution >= 0.6 is 0 Å². The fourth-order valence-electron chi connectivity index (χ4n) is 2.91. The zero-order valence-electron chi connectivity index (χ0n) is 16.0. The molecule has 0 heterocycles. The summed E-state index contributed by atoms with van der Waals surface area (Å²) < 4.78 is 50.4. The SMILES string of the molecule is Cc1cc(C)c(S(=O)(=O)NC(C)C(=O)Nc2ccc(S(N)(=O)=O)cc2)c(C)c1. The van der Waals surface area contributed by atoms with Crippen LogP contribution < -0.4 is 15.2 Å². The molecule has 8 nitrogen and oxygen atoms in total. The van der Waals surface area contributed by atoms with Gasteiger partial charge in [-0.15, -0.1) is 0 Å². The Morgan fingerprint density at radius 2 is 1.46 bits per heavy atom. The second-order valence-corrected chi connectivity index (χ2v) is 9.84. The Bertz CT molecular complexity index is 1090. The van der Waals surface area contributed by atoms with Gasteiger partial charge in [-0.1, -0.05) is 17.7 Å². The third-order valence-electron chi connectivity index (χ3n) is 4.05. The van der Waals surface area contributed by atoms with Crippen LogP contribution in [0.15, 0.2) is 46.2 Å². The first-order valence-electron chi connectivity index (χ1n) is 8.35. The summed E-state index contributed by atoms with van der Waals surface area (Å²) in [4.78, 5) is 12.4. The van der Waals surface area contributed by atoms with Crippen molar-refractivity contribution in [2.24, 2.45) is 5.14 Å². The van der Waals surface area contributed by atoms with E-state index in [1.807, 2.05) is 6.92 Å². The van der Waals surface area contributed by atoms with Crippen LogP contribution in [-0.4, -0.2) is 28.8 Å². The molecule has 1 atom stereocenters. The molecule has 0 saturated heterocycles. The lowest BCUT2D eigenvalue weighted by Gasteiger charge is -2.17. The summed E-state index contributed by atoms with van der Waals surface area (Å²) in [5, 5.41) is 7.55. The van der Waals surface area contributed by atoms with Crippen LogP contribution in [0.4, 0.5) is 5.69 Å². The van der Waals surface area contributed by atoms with Gasteiger partial charge in [-0.2, -0.15) is 4.72 Å². The van der Waals surface area contributed by atoms with E-state index in [0.29, 0.717) is 16.8 Å². The largest absolute Gasteiger partial charge is 0.325 e. The highest BCUT2D eigenvalue weighted by molar-refractivity contribution is 7.89. The van der Waals surface area contributed by atoms with Crippen LogP contribution in [0.25, 0.3) is 0 Å². The number of carbonyl (C=O) groups is 1. The number of primary sulfonamides is 1. The number of carbonyl (C=O) groups excluding carboxylic acids is 1. The molecule has 0 saturated carbocycles. The molecule has 0 aliphatic heterocycles. The van der Waals surface area contributed by atoms with Gasteiger partial charge in [0.1, 0.15) is 0 Å². The molecule has 2 aromatic rings. The highest BCUT2D eigenvalue weighted by Crippen LogP contribution is 2.22. The Hall–Kier alpha value is -2.27. The van der Waals surface area contributed by atoms with Gasteiger partial charge >= 0.3 is 0 Å². The van der Waals surface area contributed by atoms with Crippen molar-refractivity contribution >= 4 is 31.6 Å². The number of rotatable bonds is 6. The number of sulfonamides is 2. The van der Waals surface area contributed by atoms with Crippen molar-refractivity contribution < 1.29 is 21.6 Å². The second kappa shape index (κ2) is 8.00. The molecule has 0 aliphatic rings. The highest BCUT2D eigenvalue weighted by atomic mass is 32.2. The molecule has 2 aromatic carbocycles. The van der Waals surface area contributed by atoms with Gasteiger partial charge in [0.05, 0.1) is 15.8 Å². The summed E-state index contributed by atoms with van der Waals surface area (Å²) in [5.74, 6) is -0.589. The third kappa shape index (κ3) is 5.16. The normalized spacial score (nSPS) is 13.2.